The zero-order valence-electron chi connectivity index (χ0n) is 13.0. The van der Waals surface area contributed by atoms with Gasteiger partial charge in [-0.3, -0.25) is 0 Å². The van der Waals surface area contributed by atoms with Gasteiger partial charge < -0.3 is 4.74 Å². The lowest BCUT2D eigenvalue weighted by Gasteiger charge is -2.09. The predicted octanol–water partition coefficient (Wildman–Crippen LogP) is 3.30. The molecule has 0 atom stereocenters. The molecular formula is C17H21NO3S. The first-order valence-electron chi connectivity index (χ1n) is 7.16. The van der Waals surface area contributed by atoms with E-state index in [1.165, 1.54) is 0 Å². The van der Waals surface area contributed by atoms with E-state index in [4.69, 9.17) is 4.74 Å². The normalized spacial score (nSPS) is 11.6. The second-order valence-electron chi connectivity index (χ2n) is 5.50. The van der Waals surface area contributed by atoms with Crippen molar-refractivity contribution in [3.8, 4) is 16.9 Å². The molecule has 0 spiro atoms. The largest absolute Gasteiger partial charge is 0.497 e. The van der Waals surface area contributed by atoms with E-state index in [9.17, 15) is 8.42 Å². The smallest absolute Gasteiger partial charge is 0.240 e. The highest BCUT2D eigenvalue weighted by atomic mass is 32.2. The topological polar surface area (TPSA) is 55.4 Å². The van der Waals surface area contributed by atoms with Gasteiger partial charge in [-0.1, -0.05) is 38.1 Å². The van der Waals surface area contributed by atoms with Gasteiger partial charge in [0.25, 0.3) is 0 Å². The molecule has 0 aromatic heterocycles. The minimum absolute atomic E-state index is 0.272. The van der Waals surface area contributed by atoms with Gasteiger partial charge in [0.2, 0.25) is 10.0 Å². The molecule has 0 unspecified atom stereocenters. The molecule has 1 N–H and O–H groups in total. The fourth-order valence-electron chi connectivity index (χ4n) is 1.97. The van der Waals surface area contributed by atoms with Crippen molar-refractivity contribution in [2.75, 3.05) is 13.7 Å². The number of methoxy groups -OCH3 is 1. The molecule has 0 amide bonds. The number of nitrogens with one attached hydrogen (secondary N) is 1. The van der Waals surface area contributed by atoms with Crippen molar-refractivity contribution in [3.05, 3.63) is 48.5 Å². The van der Waals surface area contributed by atoms with Crippen LogP contribution in [0, 0.1) is 5.92 Å². The van der Waals surface area contributed by atoms with Crippen molar-refractivity contribution < 1.29 is 13.2 Å². The molecule has 0 aliphatic rings. The van der Waals surface area contributed by atoms with Gasteiger partial charge in [-0.25, -0.2) is 13.1 Å². The zero-order valence-corrected chi connectivity index (χ0v) is 13.9. The van der Waals surface area contributed by atoms with Gasteiger partial charge in [-0.15, -0.1) is 0 Å². The number of rotatable bonds is 6. The van der Waals surface area contributed by atoms with Crippen LogP contribution in [0.2, 0.25) is 0 Å². The minimum Gasteiger partial charge on any atom is -0.497 e. The summed E-state index contributed by atoms with van der Waals surface area (Å²) in [5.74, 6) is 1.06. The summed E-state index contributed by atoms with van der Waals surface area (Å²) in [5, 5.41) is 0. The van der Waals surface area contributed by atoms with Crippen molar-refractivity contribution in [2.45, 2.75) is 18.7 Å². The molecule has 0 aliphatic heterocycles. The van der Waals surface area contributed by atoms with Gasteiger partial charge in [0.15, 0.2) is 0 Å². The van der Waals surface area contributed by atoms with Crippen LogP contribution < -0.4 is 9.46 Å². The Morgan fingerprint density at radius 2 is 1.45 bits per heavy atom. The maximum Gasteiger partial charge on any atom is 0.240 e. The monoisotopic (exact) mass is 319 g/mol. The number of hydrogen-bond donors (Lipinski definition) is 1. The van der Waals surface area contributed by atoms with Crippen LogP contribution in [-0.4, -0.2) is 22.1 Å². The summed E-state index contributed by atoms with van der Waals surface area (Å²) in [6.45, 7) is 4.37. The van der Waals surface area contributed by atoms with E-state index in [1.807, 2.05) is 50.2 Å². The van der Waals surface area contributed by atoms with E-state index in [0.717, 1.165) is 16.9 Å². The molecule has 4 nitrogen and oxygen atoms in total. The van der Waals surface area contributed by atoms with Crippen LogP contribution in [0.25, 0.3) is 11.1 Å². The molecule has 0 radical (unpaired) electrons. The maximum atomic E-state index is 12.1. The third kappa shape index (κ3) is 4.08. The molecular weight excluding hydrogens is 298 g/mol. The van der Waals surface area contributed by atoms with Crippen molar-refractivity contribution in [1.82, 2.24) is 4.72 Å². The molecule has 2 aromatic rings. The lowest BCUT2D eigenvalue weighted by molar-refractivity contribution is 0.415. The molecule has 2 aromatic carbocycles. The fourth-order valence-corrected chi connectivity index (χ4v) is 3.18. The minimum atomic E-state index is -3.43. The molecule has 0 fully saturated rings. The molecule has 118 valence electrons. The van der Waals surface area contributed by atoms with E-state index < -0.39 is 10.0 Å². The van der Waals surface area contributed by atoms with Crippen molar-refractivity contribution in [2.24, 2.45) is 5.92 Å². The summed E-state index contributed by atoms with van der Waals surface area (Å²) < 4.78 is 32.0. The van der Waals surface area contributed by atoms with Gasteiger partial charge in [0.1, 0.15) is 5.75 Å². The number of sulfonamides is 1. The van der Waals surface area contributed by atoms with E-state index in [-0.39, 0.29) is 10.8 Å². The standard InChI is InChI=1S/C17H21NO3S/c1-13(2)12-18-22(19,20)17-10-6-15(7-11-17)14-4-8-16(21-3)9-5-14/h4-11,13,18H,12H2,1-3H3. The lowest BCUT2D eigenvalue weighted by Crippen LogP contribution is -2.27. The Kier molecular flexibility index (Phi) is 5.21. The van der Waals surface area contributed by atoms with Gasteiger partial charge in [-0.05, 0) is 41.3 Å². The van der Waals surface area contributed by atoms with Crippen molar-refractivity contribution in [1.29, 1.82) is 0 Å². The Bertz CT molecular complexity index is 705. The van der Waals surface area contributed by atoms with E-state index in [0.29, 0.717) is 6.54 Å². The maximum absolute atomic E-state index is 12.1. The molecule has 0 bridgehead atoms. The first-order valence-corrected chi connectivity index (χ1v) is 8.65. The van der Waals surface area contributed by atoms with Gasteiger partial charge in [0.05, 0.1) is 12.0 Å². The van der Waals surface area contributed by atoms with Crippen molar-refractivity contribution in [3.63, 3.8) is 0 Å². The average Bonchev–Trinajstić information content (AvgIpc) is 2.53. The molecule has 2 rings (SSSR count). The van der Waals surface area contributed by atoms with Crippen LogP contribution in [0.5, 0.6) is 5.75 Å². The molecule has 0 aliphatic carbocycles. The Morgan fingerprint density at radius 1 is 0.955 bits per heavy atom. The highest BCUT2D eigenvalue weighted by molar-refractivity contribution is 7.89. The van der Waals surface area contributed by atoms with Crippen LogP contribution in [-0.2, 0) is 10.0 Å². The Morgan fingerprint density at radius 3 is 1.91 bits per heavy atom. The molecule has 0 saturated heterocycles. The Balaban J connectivity index is 2.19. The van der Waals surface area contributed by atoms with E-state index in [2.05, 4.69) is 4.72 Å². The first-order chi connectivity index (χ1) is 10.4. The second-order valence-corrected chi connectivity index (χ2v) is 7.27. The summed E-state index contributed by atoms with van der Waals surface area (Å²) in [5.41, 5.74) is 1.98. The van der Waals surface area contributed by atoms with Crippen LogP contribution in [0.15, 0.2) is 53.4 Å². The lowest BCUT2D eigenvalue weighted by atomic mass is 10.1. The number of benzene rings is 2. The molecule has 5 heteroatoms. The molecule has 0 heterocycles. The average molecular weight is 319 g/mol. The van der Waals surface area contributed by atoms with Crippen molar-refractivity contribution >= 4 is 10.0 Å². The number of ether oxygens (including phenoxy) is 1. The quantitative estimate of drug-likeness (QED) is 0.889. The van der Waals surface area contributed by atoms with Gasteiger partial charge in [0, 0.05) is 6.54 Å². The van der Waals surface area contributed by atoms with Gasteiger partial charge in [-0.2, -0.15) is 0 Å². The molecule has 0 saturated carbocycles. The van der Waals surface area contributed by atoms with Gasteiger partial charge >= 0.3 is 0 Å². The first kappa shape index (κ1) is 16.5. The van der Waals surface area contributed by atoms with Crippen LogP contribution >= 0.6 is 0 Å². The zero-order chi connectivity index (χ0) is 16.2. The highest BCUT2D eigenvalue weighted by Gasteiger charge is 2.14. The SMILES string of the molecule is COc1ccc(-c2ccc(S(=O)(=O)NCC(C)C)cc2)cc1. The number of hydrogen-bond acceptors (Lipinski definition) is 3. The Hall–Kier alpha value is -1.85. The van der Waals surface area contributed by atoms with E-state index >= 15 is 0 Å². The summed E-state index contributed by atoms with van der Waals surface area (Å²) in [4.78, 5) is 0.283. The Labute approximate surface area is 132 Å². The van der Waals surface area contributed by atoms with Crippen LogP contribution in [0.4, 0.5) is 0 Å². The summed E-state index contributed by atoms with van der Waals surface area (Å²) in [6.07, 6.45) is 0. The third-order valence-corrected chi connectivity index (χ3v) is 4.71. The fraction of sp³-hybridized carbons (Fsp3) is 0.294. The van der Waals surface area contributed by atoms with Crippen LogP contribution in [0.1, 0.15) is 13.8 Å². The summed E-state index contributed by atoms with van der Waals surface area (Å²) in [6, 6.07) is 14.5. The summed E-state index contributed by atoms with van der Waals surface area (Å²) >= 11 is 0. The third-order valence-electron chi connectivity index (χ3n) is 3.27. The predicted molar refractivity (Wildman–Crippen MR) is 88.5 cm³/mol. The molecule has 22 heavy (non-hydrogen) atoms. The highest BCUT2D eigenvalue weighted by Crippen LogP contribution is 2.23. The summed E-state index contributed by atoms with van der Waals surface area (Å²) in [7, 11) is -1.81. The second kappa shape index (κ2) is 6.94. The van der Waals surface area contributed by atoms with E-state index in [1.54, 1.807) is 19.2 Å². The van der Waals surface area contributed by atoms with Crippen LogP contribution in [0.3, 0.4) is 0 Å².